The molecule has 0 unspecified atom stereocenters. The summed E-state index contributed by atoms with van der Waals surface area (Å²) in [5, 5.41) is 5.36. The van der Waals surface area contributed by atoms with Crippen LogP contribution in [0.15, 0.2) is 35.7 Å². The molecule has 0 saturated carbocycles. The average molecular weight is 336 g/mol. The second-order valence-electron chi connectivity index (χ2n) is 4.69. The van der Waals surface area contributed by atoms with E-state index in [0.717, 1.165) is 12.0 Å². The number of carbonyl (C=O) groups is 1. The van der Waals surface area contributed by atoms with Crippen LogP contribution in [0.5, 0.6) is 11.5 Å². The molecule has 6 heteroatoms. The van der Waals surface area contributed by atoms with Crippen molar-refractivity contribution in [2.24, 2.45) is 0 Å². The molecule has 0 spiro atoms. The normalized spacial score (nSPS) is 12.8. The molecular formula is C16H14ClNO3S. The summed E-state index contributed by atoms with van der Waals surface area (Å²) in [4.78, 5) is 13.0. The predicted octanol–water partition coefficient (Wildman–Crippen LogP) is 3.50. The molecule has 0 fully saturated rings. The van der Waals surface area contributed by atoms with Gasteiger partial charge in [0.1, 0.15) is 0 Å². The van der Waals surface area contributed by atoms with Gasteiger partial charge in [0.25, 0.3) is 0 Å². The summed E-state index contributed by atoms with van der Waals surface area (Å²) in [6.45, 7) is 0.789. The second-order valence-corrected chi connectivity index (χ2v) is 6.13. The Morgan fingerprint density at radius 1 is 1.41 bits per heavy atom. The molecule has 0 radical (unpaired) electrons. The third kappa shape index (κ3) is 3.61. The minimum absolute atomic E-state index is 0.134. The van der Waals surface area contributed by atoms with Crippen LogP contribution in [0.25, 0.3) is 6.08 Å². The number of benzene rings is 1. The molecule has 2 aromatic rings. The molecule has 1 N–H and O–H groups in total. The highest BCUT2D eigenvalue weighted by molar-refractivity contribution is 7.09. The predicted molar refractivity (Wildman–Crippen MR) is 87.6 cm³/mol. The van der Waals surface area contributed by atoms with E-state index in [9.17, 15) is 4.79 Å². The van der Waals surface area contributed by atoms with E-state index >= 15 is 0 Å². The Morgan fingerprint density at radius 2 is 2.32 bits per heavy atom. The lowest BCUT2D eigenvalue weighted by Crippen LogP contribution is -2.23. The first kappa shape index (κ1) is 14.9. The maximum absolute atomic E-state index is 11.8. The molecule has 0 bridgehead atoms. The Morgan fingerprint density at radius 3 is 3.14 bits per heavy atom. The van der Waals surface area contributed by atoms with Crippen LogP contribution in [0, 0.1) is 0 Å². The van der Waals surface area contributed by atoms with Gasteiger partial charge in [-0.2, -0.15) is 0 Å². The fraction of sp³-hybridized carbons (Fsp3) is 0.188. The number of ether oxygens (including phenoxy) is 2. The standard InChI is InChI=1S/C16H14ClNO3S/c17-13-8-11(9-14-16(13)21-10-20-14)3-4-15(19)18-6-5-12-2-1-7-22-12/h1-4,7-9H,5-6,10H2,(H,18,19). The van der Waals surface area contributed by atoms with E-state index < -0.39 is 0 Å². The molecule has 1 aromatic heterocycles. The van der Waals surface area contributed by atoms with Gasteiger partial charge in [0.2, 0.25) is 12.7 Å². The molecule has 3 rings (SSSR count). The van der Waals surface area contributed by atoms with E-state index in [-0.39, 0.29) is 12.7 Å². The van der Waals surface area contributed by atoms with Gasteiger partial charge in [-0.25, -0.2) is 0 Å². The van der Waals surface area contributed by atoms with Crippen molar-refractivity contribution in [2.45, 2.75) is 6.42 Å². The van der Waals surface area contributed by atoms with Crippen molar-refractivity contribution >= 4 is 34.9 Å². The van der Waals surface area contributed by atoms with Gasteiger partial charge in [-0.1, -0.05) is 17.7 Å². The summed E-state index contributed by atoms with van der Waals surface area (Å²) in [5.41, 5.74) is 0.794. The quantitative estimate of drug-likeness (QED) is 0.851. The molecule has 1 aliphatic heterocycles. The lowest BCUT2D eigenvalue weighted by molar-refractivity contribution is -0.116. The molecule has 114 valence electrons. The summed E-state index contributed by atoms with van der Waals surface area (Å²) >= 11 is 7.78. The fourth-order valence-electron chi connectivity index (χ4n) is 2.08. The number of nitrogens with one attached hydrogen (secondary N) is 1. The molecule has 0 aliphatic carbocycles. The molecular weight excluding hydrogens is 322 g/mol. The molecule has 2 heterocycles. The number of fused-ring (bicyclic) bond motifs is 1. The zero-order valence-corrected chi connectivity index (χ0v) is 13.2. The lowest BCUT2D eigenvalue weighted by Gasteiger charge is -2.02. The number of hydrogen-bond acceptors (Lipinski definition) is 4. The van der Waals surface area contributed by atoms with E-state index in [2.05, 4.69) is 11.4 Å². The smallest absolute Gasteiger partial charge is 0.244 e. The van der Waals surface area contributed by atoms with Gasteiger partial charge in [0.15, 0.2) is 11.5 Å². The highest BCUT2D eigenvalue weighted by Crippen LogP contribution is 2.39. The van der Waals surface area contributed by atoms with Crippen LogP contribution in [0.3, 0.4) is 0 Å². The highest BCUT2D eigenvalue weighted by Gasteiger charge is 2.17. The van der Waals surface area contributed by atoms with Crippen molar-refractivity contribution in [3.8, 4) is 11.5 Å². The largest absolute Gasteiger partial charge is 0.454 e. The van der Waals surface area contributed by atoms with E-state index in [4.69, 9.17) is 21.1 Å². The molecule has 0 atom stereocenters. The number of amides is 1. The molecule has 1 aliphatic rings. The average Bonchev–Trinajstić information content (AvgIpc) is 3.16. The summed E-state index contributed by atoms with van der Waals surface area (Å²) in [6.07, 6.45) is 4.03. The summed E-state index contributed by atoms with van der Waals surface area (Å²) in [7, 11) is 0. The maximum atomic E-state index is 11.8. The van der Waals surface area contributed by atoms with Crippen LogP contribution in [-0.4, -0.2) is 19.2 Å². The minimum Gasteiger partial charge on any atom is -0.454 e. The molecule has 4 nitrogen and oxygen atoms in total. The first-order chi connectivity index (χ1) is 10.7. The highest BCUT2D eigenvalue weighted by atomic mass is 35.5. The second kappa shape index (κ2) is 6.85. The van der Waals surface area contributed by atoms with Crippen molar-refractivity contribution < 1.29 is 14.3 Å². The van der Waals surface area contributed by atoms with Gasteiger partial charge in [-0.3, -0.25) is 4.79 Å². The first-order valence-corrected chi connectivity index (χ1v) is 8.05. The lowest BCUT2D eigenvalue weighted by atomic mass is 10.2. The minimum atomic E-state index is -0.134. The molecule has 22 heavy (non-hydrogen) atoms. The Balaban J connectivity index is 1.55. The fourth-order valence-corrected chi connectivity index (χ4v) is 3.06. The zero-order chi connectivity index (χ0) is 15.4. The van der Waals surface area contributed by atoms with Gasteiger partial charge >= 0.3 is 0 Å². The van der Waals surface area contributed by atoms with Crippen molar-refractivity contribution in [1.82, 2.24) is 5.32 Å². The van der Waals surface area contributed by atoms with Gasteiger partial charge in [0, 0.05) is 17.5 Å². The van der Waals surface area contributed by atoms with Crippen LogP contribution in [0.1, 0.15) is 10.4 Å². The molecule has 0 saturated heterocycles. The summed E-state index contributed by atoms with van der Waals surface area (Å²) < 4.78 is 10.5. The Hall–Kier alpha value is -1.98. The van der Waals surface area contributed by atoms with Gasteiger partial charge in [0.05, 0.1) is 5.02 Å². The van der Waals surface area contributed by atoms with Crippen LogP contribution in [-0.2, 0) is 11.2 Å². The van der Waals surface area contributed by atoms with Gasteiger partial charge in [-0.05, 0) is 41.6 Å². The van der Waals surface area contributed by atoms with Crippen molar-refractivity contribution in [2.75, 3.05) is 13.3 Å². The van der Waals surface area contributed by atoms with E-state index in [1.807, 2.05) is 11.4 Å². The van der Waals surface area contributed by atoms with E-state index in [0.29, 0.717) is 23.1 Å². The number of halogens is 1. The number of thiophene rings is 1. The summed E-state index contributed by atoms with van der Waals surface area (Å²) in [5.74, 6) is 1.02. The van der Waals surface area contributed by atoms with Crippen molar-refractivity contribution in [3.05, 3.63) is 51.2 Å². The third-order valence-corrected chi connectivity index (χ3v) is 4.34. The number of carbonyl (C=O) groups excluding carboxylic acids is 1. The topological polar surface area (TPSA) is 47.6 Å². The van der Waals surface area contributed by atoms with Gasteiger partial charge in [-0.15, -0.1) is 11.3 Å². The maximum Gasteiger partial charge on any atom is 0.244 e. The van der Waals surface area contributed by atoms with E-state index in [1.165, 1.54) is 11.0 Å². The van der Waals surface area contributed by atoms with Crippen molar-refractivity contribution in [3.63, 3.8) is 0 Å². The first-order valence-electron chi connectivity index (χ1n) is 6.80. The molecule has 1 amide bonds. The monoisotopic (exact) mass is 335 g/mol. The zero-order valence-electron chi connectivity index (χ0n) is 11.7. The van der Waals surface area contributed by atoms with Crippen LogP contribution in [0.2, 0.25) is 5.02 Å². The van der Waals surface area contributed by atoms with E-state index in [1.54, 1.807) is 29.5 Å². The third-order valence-electron chi connectivity index (χ3n) is 3.13. The van der Waals surface area contributed by atoms with Gasteiger partial charge < -0.3 is 14.8 Å². The molecule has 1 aromatic carbocycles. The van der Waals surface area contributed by atoms with Crippen LogP contribution in [0.4, 0.5) is 0 Å². The Bertz CT molecular complexity index is 698. The SMILES string of the molecule is O=C(C=Cc1cc(Cl)c2c(c1)OCO2)NCCc1cccs1. The summed E-state index contributed by atoms with van der Waals surface area (Å²) in [6, 6.07) is 7.60. The number of rotatable bonds is 5. The number of hydrogen-bond donors (Lipinski definition) is 1. The van der Waals surface area contributed by atoms with Crippen LogP contribution < -0.4 is 14.8 Å². The Kier molecular flexibility index (Phi) is 4.65. The van der Waals surface area contributed by atoms with Crippen molar-refractivity contribution in [1.29, 1.82) is 0 Å². The Labute approximate surface area is 137 Å². The van der Waals surface area contributed by atoms with Crippen LogP contribution >= 0.6 is 22.9 Å².